The number of piperidine rings is 1. The van der Waals surface area contributed by atoms with E-state index in [0.717, 1.165) is 69.8 Å². The zero-order valence-corrected chi connectivity index (χ0v) is 21.5. The third-order valence-corrected chi connectivity index (χ3v) is 7.85. The minimum Gasteiger partial charge on any atom is -0.341 e. The van der Waals surface area contributed by atoms with E-state index in [1.54, 1.807) is 0 Å². The monoisotopic (exact) mass is 476 g/mol. The van der Waals surface area contributed by atoms with E-state index in [2.05, 4.69) is 63.3 Å². The Morgan fingerprint density at radius 2 is 1.60 bits per heavy atom. The standard InChI is InChI=1S/C29H40N4O2/c1-22-8-7-11-27(23(22)2)30-28(34)21-31-16-18-32(19-17-31)24(3)29(35)33-14-12-26(13-15-33)20-25-9-5-4-6-10-25/h4-11,24,26H,12-21H2,1-3H3,(H,30,34). The Kier molecular flexibility index (Phi) is 8.58. The van der Waals surface area contributed by atoms with Crippen molar-refractivity contribution in [2.24, 2.45) is 5.92 Å². The van der Waals surface area contributed by atoms with E-state index in [0.29, 0.717) is 12.5 Å². The maximum atomic E-state index is 13.2. The van der Waals surface area contributed by atoms with Gasteiger partial charge in [-0.25, -0.2) is 0 Å². The van der Waals surface area contributed by atoms with Gasteiger partial charge in [0.2, 0.25) is 11.8 Å². The van der Waals surface area contributed by atoms with Crippen LogP contribution in [0.15, 0.2) is 48.5 Å². The number of anilines is 1. The van der Waals surface area contributed by atoms with Crippen LogP contribution in [0.25, 0.3) is 0 Å². The van der Waals surface area contributed by atoms with Gasteiger partial charge in [0.1, 0.15) is 0 Å². The van der Waals surface area contributed by atoms with Gasteiger partial charge in [-0.3, -0.25) is 19.4 Å². The second kappa shape index (κ2) is 11.8. The van der Waals surface area contributed by atoms with Crippen molar-refractivity contribution in [3.05, 3.63) is 65.2 Å². The van der Waals surface area contributed by atoms with Crippen molar-refractivity contribution < 1.29 is 9.59 Å². The third kappa shape index (κ3) is 6.71. The molecule has 0 aliphatic carbocycles. The zero-order valence-electron chi connectivity index (χ0n) is 21.5. The molecule has 2 aliphatic heterocycles. The lowest BCUT2D eigenvalue weighted by atomic mass is 9.90. The minimum atomic E-state index is -0.105. The average molecular weight is 477 g/mol. The number of piperazine rings is 1. The van der Waals surface area contributed by atoms with Crippen LogP contribution in [-0.4, -0.2) is 78.4 Å². The van der Waals surface area contributed by atoms with Crippen LogP contribution in [0, 0.1) is 19.8 Å². The molecule has 0 bridgehead atoms. The van der Waals surface area contributed by atoms with Gasteiger partial charge in [0, 0.05) is 45.0 Å². The number of hydrogen-bond acceptors (Lipinski definition) is 4. The normalized spacial score (nSPS) is 18.9. The van der Waals surface area contributed by atoms with Gasteiger partial charge in [-0.2, -0.15) is 0 Å². The van der Waals surface area contributed by atoms with Gasteiger partial charge < -0.3 is 10.2 Å². The van der Waals surface area contributed by atoms with E-state index >= 15 is 0 Å². The summed E-state index contributed by atoms with van der Waals surface area (Å²) < 4.78 is 0. The van der Waals surface area contributed by atoms with Gasteiger partial charge in [0.15, 0.2) is 0 Å². The van der Waals surface area contributed by atoms with Gasteiger partial charge in [0.05, 0.1) is 12.6 Å². The number of likely N-dealkylation sites (tertiary alicyclic amines) is 1. The van der Waals surface area contributed by atoms with E-state index in [-0.39, 0.29) is 17.9 Å². The van der Waals surface area contributed by atoms with Crippen molar-refractivity contribution in [3.8, 4) is 0 Å². The first-order chi connectivity index (χ1) is 16.9. The third-order valence-electron chi connectivity index (χ3n) is 7.85. The van der Waals surface area contributed by atoms with Crippen LogP contribution in [0.4, 0.5) is 5.69 Å². The second-order valence-corrected chi connectivity index (χ2v) is 10.2. The van der Waals surface area contributed by atoms with Crippen LogP contribution in [-0.2, 0) is 16.0 Å². The van der Waals surface area contributed by atoms with Crippen molar-refractivity contribution in [3.63, 3.8) is 0 Å². The maximum Gasteiger partial charge on any atom is 0.239 e. The fourth-order valence-corrected chi connectivity index (χ4v) is 5.31. The molecule has 1 N–H and O–H groups in total. The van der Waals surface area contributed by atoms with Crippen LogP contribution in [0.3, 0.4) is 0 Å². The first kappa shape index (κ1) is 25.4. The van der Waals surface area contributed by atoms with Gasteiger partial charge in [0.25, 0.3) is 0 Å². The highest BCUT2D eigenvalue weighted by atomic mass is 16.2. The lowest BCUT2D eigenvalue weighted by molar-refractivity contribution is -0.138. The Labute approximate surface area is 210 Å². The number of rotatable bonds is 7. The van der Waals surface area contributed by atoms with E-state index in [1.807, 2.05) is 26.0 Å². The highest BCUT2D eigenvalue weighted by Crippen LogP contribution is 2.23. The molecule has 2 aromatic carbocycles. The molecule has 35 heavy (non-hydrogen) atoms. The van der Waals surface area contributed by atoms with E-state index in [1.165, 1.54) is 11.1 Å². The molecular weight excluding hydrogens is 436 g/mol. The molecule has 1 unspecified atom stereocenters. The summed E-state index contributed by atoms with van der Waals surface area (Å²) in [5.74, 6) is 0.939. The summed E-state index contributed by atoms with van der Waals surface area (Å²) in [7, 11) is 0. The number of amides is 2. The number of carbonyl (C=O) groups is 2. The summed E-state index contributed by atoms with van der Waals surface area (Å²) in [6, 6.07) is 16.6. The molecule has 0 aromatic heterocycles. The van der Waals surface area contributed by atoms with Crippen LogP contribution in [0.1, 0.15) is 36.5 Å². The first-order valence-corrected chi connectivity index (χ1v) is 13.1. The molecule has 2 heterocycles. The fraction of sp³-hybridized carbons (Fsp3) is 0.517. The lowest BCUT2D eigenvalue weighted by Gasteiger charge is -2.40. The average Bonchev–Trinajstić information content (AvgIpc) is 2.87. The van der Waals surface area contributed by atoms with Gasteiger partial charge in [-0.15, -0.1) is 0 Å². The largest absolute Gasteiger partial charge is 0.341 e. The molecule has 0 spiro atoms. The van der Waals surface area contributed by atoms with Crippen molar-refractivity contribution in [1.29, 1.82) is 0 Å². The Morgan fingerprint density at radius 1 is 0.914 bits per heavy atom. The molecule has 0 radical (unpaired) electrons. The molecule has 2 aromatic rings. The molecule has 2 aliphatic rings. The fourth-order valence-electron chi connectivity index (χ4n) is 5.31. The topological polar surface area (TPSA) is 55.9 Å². The van der Waals surface area contributed by atoms with Crippen LogP contribution < -0.4 is 5.32 Å². The number of hydrogen-bond donors (Lipinski definition) is 1. The van der Waals surface area contributed by atoms with Crippen molar-refractivity contribution >= 4 is 17.5 Å². The summed E-state index contributed by atoms with van der Waals surface area (Å²) in [5, 5.41) is 3.06. The van der Waals surface area contributed by atoms with Crippen molar-refractivity contribution in [2.75, 3.05) is 51.1 Å². The summed E-state index contributed by atoms with van der Waals surface area (Å²) in [6.45, 7) is 11.5. The number of nitrogens with one attached hydrogen (secondary N) is 1. The predicted octanol–water partition coefficient (Wildman–Crippen LogP) is 3.73. The molecule has 4 rings (SSSR count). The number of benzene rings is 2. The molecule has 2 fully saturated rings. The van der Waals surface area contributed by atoms with Gasteiger partial charge in [-0.05, 0) is 68.7 Å². The van der Waals surface area contributed by atoms with Crippen LogP contribution in [0.5, 0.6) is 0 Å². The van der Waals surface area contributed by atoms with E-state index in [4.69, 9.17) is 0 Å². The highest BCUT2D eigenvalue weighted by molar-refractivity contribution is 5.93. The maximum absolute atomic E-state index is 13.2. The van der Waals surface area contributed by atoms with Gasteiger partial charge >= 0.3 is 0 Å². The molecule has 6 nitrogen and oxygen atoms in total. The molecule has 6 heteroatoms. The van der Waals surface area contributed by atoms with Crippen molar-refractivity contribution in [2.45, 2.75) is 46.1 Å². The molecule has 1 atom stereocenters. The first-order valence-electron chi connectivity index (χ1n) is 13.1. The molecule has 2 saturated heterocycles. The van der Waals surface area contributed by atoms with E-state index < -0.39 is 0 Å². The number of nitrogens with zero attached hydrogens (tertiary/aromatic N) is 3. The second-order valence-electron chi connectivity index (χ2n) is 10.2. The Balaban J connectivity index is 1.19. The van der Waals surface area contributed by atoms with Crippen LogP contribution >= 0.6 is 0 Å². The molecular formula is C29H40N4O2. The molecule has 2 amide bonds. The highest BCUT2D eigenvalue weighted by Gasteiger charge is 2.31. The number of aryl methyl sites for hydroxylation is 1. The summed E-state index contributed by atoms with van der Waals surface area (Å²) in [6.07, 6.45) is 3.27. The summed E-state index contributed by atoms with van der Waals surface area (Å²) in [5.41, 5.74) is 4.57. The smallest absolute Gasteiger partial charge is 0.239 e. The van der Waals surface area contributed by atoms with Crippen molar-refractivity contribution in [1.82, 2.24) is 14.7 Å². The quantitative estimate of drug-likeness (QED) is 0.662. The van der Waals surface area contributed by atoms with Gasteiger partial charge in [-0.1, -0.05) is 42.5 Å². The molecule has 188 valence electrons. The Hall–Kier alpha value is -2.70. The van der Waals surface area contributed by atoms with Crippen LogP contribution in [0.2, 0.25) is 0 Å². The number of carbonyl (C=O) groups excluding carboxylic acids is 2. The van der Waals surface area contributed by atoms with E-state index in [9.17, 15) is 9.59 Å². The molecule has 0 saturated carbocycles. The SMILES string of the molecule is Cc1cccc(NC(=O)CN2CCN(C(C)C(=O)N3CCC(Cc4ccccc4)CC3)CC2)c1C. The Morgan fingerprint density at radius 3 is 2.29 bits per heavy atom. The lowest BCUT2D eigenvalue weighted by Crippen LogP contribution is -2.56. The summed E-state index contributed by atoms with van der Waals surface area (Å²) in [4.78, 5) is 32.3. The predicted molar refractivity (Wildman–Crippen MR) is 141 cm³/mol. The zero-order chi connectivity index (χ0) is 24.8. The Bertz CT molecular complexity index is 993. The summed E-state index contributed by atoms with van der Waals surface area (Å²) >= 11 is 0. The minimum absolute atomic E-state index is 0.0228.